The van der Waals surface area contributed by atoms with Gasteiger partial charge in [-0.25, -0.2) is 0 Å². The summed E-state index contributed by atoms with van der Waals surface area (Å²) >= 11 is 0. The molecule has 2 rings (SSSR count). The highest BCUT2D eigenvalue weighted by atomic mass is 16.5. The summed E-state index contributed by atoms with van der Waals surface area (Å²) in [5, 5.41) is 0. The number of benzene rings is 2. The maximum absolute atomic E-state index is 11.4. The Balaban J connectivity index is 2.16. The first-order valence-corrected chi connectivity index (χ1v) is 5.94. The highest BCUT2D eigenvalue weighted by molar-refractivity contribution is 6.04. The molecule has 0 saturated heterocycles. The lowest BCUT2D eigenvalue weighted by Gasteiger charge is -2.11. The van der Waals surface area contributed by atoms with Gasteiger partial charge >= 0.3 is 0 Å². The lowest BCUT2D eigenvalue weighted by Crippen LogP contribution is -2.06. The van der Waals surface area contributed by atoms with Crippen molar-refractivity contribution in [3.8, 4) is 5.75 Å². The van der Waals surface area contributed by atoms with Crippen LogP contribution in [0, 0.1) is 0 Å². The van der Waals surface area contributed by atoms with E-state index in [2.05, 4.69) is 0 Å². The van der Waals surface area contributed by atoms with Crippen molar-refractivity contribution in [2.24, 2.45) is 0 Å². The molecule has 0 atom stereocenters. The minimum atomic E-state index is -0.149. The van der Waals surface area contributed by atoms with E-state index in [0.29, 0.717) is 29.3 Å². The maximum Gasteiger partial charge on any atom is 0.163 e. The van der Waals surface area contributed by atoms with Gasteiger partial charge in [0, 0.05) is 23.5 Å². The van der Waals surface area contributed by atoms with Crippen LogP contribution in [-0.2, 0) is 6.61 Å². The highest BCUT2D eigenvalue weighted by Crippen LogP contribution is 2.27. The topological polar surface area (TPSA) is 78.3 Å². The van der Waals surface area contributed by atoms with E-state index in [4.69, 9.17) is 16.2 Å². The van der Waals surface area contributed by atoms with Crippen molar-refractivity contribution in [3.63, 3.8) is 0 Å². The van der Waals surface area contributed by atoms with Gasteiger partial charge in [-0.1, -0.05) is 30.3 Å². The van der Waals surface area contributed by atoms with E-state index < -0.39 is 0 Å². The molecule has 0 fully saturated rings. The molecule has 0 aromatic heterocycles. The van der Waals surface area contributed by atoms with Gasteiger partial charge in [0.1, 0.15) is 12.4 Å². The zero-order valence-electron chi connectivity index (χ0n) is 10.7. The molecule has 0 bridgehead atoms. The van der Waals surface area contributed by atoms with Gasteiger partial charge in [-0.15, -0.1) is 0 Å². The highest BCUT2D eigenvalue weighted by Gasteiger charge is 2.11. The number of hydrogen-bond donors (Lipinski definition) is 2. The van der Waals surface area contributed by atoms with Crippen molar-refractivity contribution in [2.45, 2.75) is 13.5 Å². The van der Waals surface area contributed by atoms with Crippen molar-refractivity contribution in [3.05, 3.63) is 53.6 Å². The van der Waals surface area contributed by atoms with Crippen LogP contribution < -0.4 is 16.2 Å². The van der Waals surface area contributed by atoms with Crippen LogP contribution >= 0.6 is 0 Å². The van der Waals surface area contributed by atoms with E-state index in [-0.39, 0.29) is 5.78 Å². The zero-order chi connectivity index (χ0) is 13.8. The smallest absolute Gasteiger partial charge is 0.163 e. The third kappa shape index (κ3) is 3.04. The van der Waals surface area contributed by atoms with Crippen LogP contribution in [0.5, 0.6) is 5.75 Å². The molecule has 0 spiro atoms. The summed E-state index contributed by atoms with van der Waals surface area (Å²) in [5.41, 5.74) is 13.7. The van der Waals surface area contributed by atoms with Crippen LogP contribution in [0.25, 0.3) is 0 Å². The Labute approximate surface area is 112 Å². The number of carbonyl (C=O) groups is 1. The number of ether oxygens (including phenoxy) is 1. The van der Waals surface area contributed by atoms with Crippen molar-refractivity contribution in [2.75, 3.05) is 11.5 Å². The summed E-state index contributed by atoms with van der Waals surface area (Å²) < 4.78 is 5.62. The van der Waals surface area contributed by atoms with E-state index in [1.54, 1.807) is 12.1 Å². The first-order chi connectivity index (χ1) is 9.08. The molecular formula is C15H16N2O2. The van der Waals surface area contributed by atoms with E-state index >= 15 is 0 Å². The number of ketones is 1. The van der Waals surface area contributed by atoms with Crippen LogP contribution in [0.4, 0.5) is 11.4 Å². The van der Waals surface area contributed by atoms with Crippen LogP contribution in [-0.4, -0.2) is 5.78 Å². The molecule has 0 unspecified atom stereocenters. The standard InChI is InChI=1S/C15H16N2O2/c1-10(18)15-13(16)7-12(8-14(15)17)19-9-11-5-3-2-4-6-11/h2-8H,9,16-17H2,1H3. The maximum atomic E-state index is 11.4. The fourth-order valence-corrected chi connectivity index (χ4v) is 1.89. The second kappa shape index (κ2) is 5.44. The first-order valence-electron chi connectivity index (χ1n) is 5.94. The molecule has 0 aliphatic rings. The molecule has 4 nitrogen and oxygen atoms in total. The largest absolute Gasteiger partial charge is 0.489 e. The quantitative estimate of drug-likeness (QED) is 0.651. The zero-order valence-corrected chi connectivity index (χ0v) is 10.7. The summed E-state index contributed by atoms with van der Waals surface area (Å²) in [6.45, 7) is 1.87. The Hall–Kier alpha value is -2.49. The summed E-state index contributed by atoms with van der Waals surface area (Å²) in [5.74, 6) is 0.411. The molecule has 0 saturated carbocycles. The molecule has 19 heavy (non-hydrogen) atoms. The summed E-state index contributed by atoms with van der Waals surface area (Å²) in [6.07, 6.45) is 0. The van der Waals surface area contributed by atoms with Crippen LogP contribution in [0.1, 0.15) is 22.8 Å². The number of Topliss-reactive ketones (excluding diaryl/α,β-unsaturated/α-hetero) is 1. The minimum Gasteiger partial charge on any atom is -0.489 e. The predicted molar refractivity (Wildman–Crippen MR) is 76.0 cm³/mol. The van der Waals surface area contributed by atoms with Crippen LogP contribution in [0.2, 0.25) is 0 Å². The number of anilines is 2. The number of rotatable bonds is 4. The SMILES string of the molecule is CC(=O)c1c(N)cc(OCc2ccccc2)cc1N. The Morgan fingerprint density at radius 1 is 1.11 bits per heavy atom. The second-order valence-corrected chi connectivity index (χ2v) is 4.31. The lowest BCUT2D eigenvalue weighted by molar-refractivity contribution is 0.101. The average Bonchev–Trinajstić information content (AvgIpc) is 2.36. The fourth-order valence-electron chi connectivity index (χ4n) is 1.89. The van der Waals surface area contributed by atoms with Gasteiger partial charge in [0.05, 0.1) is 5.56 Å². The molecule has 0 radical (unpaired) electrons. The van der Waals surface area contributed by atoms with Gasteiger partial charge in [-0.05, 0) is 12.5 Å². The molecular weight excluding hydrogens is 240 g/mol. The molecule has 4 heteroatoms. The monoisotopic (exact) mass is 256 g/mol. The summed E-state index contributed by atoms with van der Waals surface area (Å²) in [4.78, 5) is 11.4. The van der Waals surface area contributed by atoms with Crippen molar-refractivity contribution >= 4 is 17.2 Å². The number of carbonyl (C=O) groups excluding carboxylic acids is 1. The van der Waals surface area contributed by atoms with Gasteiger partial charge in [0.25, 0.3) is 0 Å². The van der Waals surface area contributed by atoms with Gasteiger partial charge < -0.3 is 16.2 Å². The Morgan fingerprint density at radius 3 is 2.21 bits per heavy atom. The van der Waals surface area contributed by atoms with Gasteiger partial charge in [0.2, 0.25) is 0 Å². The lowest BCUT2D eigenvalue weighted by atomic mass is 10.1. The fraction of sp³-hybridized carbons (Fsp3) is 0.133. The van der Waals surface area contributed by atoms with Crippen molar-refractivity contribution < 1.29 is 9.53 Å². The van der Waals surface area contributed by atoms with Crippen LogP contribution in [0.15, 0.2) is 42.5 Å². The third-order valence-corrected chi connectivity index (χ3v) is 2.77. The molecule has 98 valence electrons. The Kier molecular flexibility index (Phi) is 3.71. The van der Waals surface area contributed by atoms with E-state index in [1.165, 1.54) is 6.92 Å². The van der Waals surface area contributed by atoms with Gasteiger partial charge in [-0.3, -0.25) is 4.79 Å². The molecule has 2 aromatic carbocycles. The van der Waals surface area contributed by atoms with Gasteiger partial charge in [0.15, 0.2) is 5.78 Å². The molecule has 0 heterocycles. The normalized spacial score (nSPS) is 10.2. The van der Waals surface area contributed by atoms with Crippen molar-refractivity contribution in [1.29, 1.82) is 0 Å². The summed E-state index contributed by atoms with van der Waals surface area (Å²) in [7, 11) is 0. The van der Waals surface area contributed by atoms with Crippen molar-refractivity contribution in [1.82, 2.24) is 0 Å². The number of nitrogen functional groups attached to an aromatic ring is 2. The minimum absolute atomic E-state index is 0.149. The molecule has 2 aromatic rings. The van der Waals surface area contributed by atoms with E-state index in [1.807, 2.05) is 30.3 Å². The Morgan fingerprint density at radius 2 is 1.68 bits per heavy atom. The molecule has 0 amide bonds. The van der Waals surface area contributed by atoms with Crippen LogP contribution in [0.3, 0.4) is 0 Å². The molecule has 0 aliphatic carbocycles. The number of hydrogen-bond acceptors (Lipinski definition) is 4. The first kappa shape index (κ1) is 13.0. The van der Waals surface area contributed by atoms with E-state index in [0.717, 1.165) is 5.56 Å². The second-order valence-electron chi connectivity index (χ2n) is 4.31. The molecule has 0 aliphatic heterocycles. The third-order valence-electron chi connectivity index (χ3n) is 2.77. The molecule has 4 N–H and O–H groups in total. The summed E-state index contributed by atoms with van der Waals surface area (Å²) in [6, 6.07) is 13.0. The number of nitrogens with two attached hydrogens (primary N) is 2. The Bertz CT molecular complexity index is 571. The van der Waals surface area contributed by atoms with Gasteiger partial charge in [-0.2, -0.15) is 0 Å². The predicted octanol–water partition coefficient (Wildman–Crippen LogP) is 2.63. The van der Waals surface area contributed by atoms with E-state index in [9.17, 15) is 4.79 Å². The average molecular weight is 256 g/mol.